The van der Waals surface area contributed by atoms with Crippen LogP contribution in [0.2, 0.25) is 0 Å². The van der Waals surface area contributed by atoms with Crippen LogP contribution < -0.4 is 0 Å². The van der Waals surface area contributed by atoms with E-state index in [0.29, 0.717) is 5.92 Å². The second-order valence-electron chi connectivity index (χ2n) is 7.20. The fourth-order valence-corrected chi connectivity index (χ4v) is 3.50. The van der Waals surface area contributed by atoms with Crippen LogP contribution in [-0.2, 0) is 17.8 Å². The van der Waals surface area contributed by atoms with Crippen LogP contribution in [0.4, 0.5) is 0 Å². The van der Waals surface area contributed by atoms with E-state index < -0.39 is 0 Å². The van der Waals surface area contributed by atoms with Crippen molar-refractivity contribution in [3.8, 4) is 0 Å². The molecule has 4 heteroatoms. The number of rotatable bonds is 7. The van der Waals surface area contributed by atoms with E-state index in [2.05, 4.69) is 22.7 Å². The summed E-state index contributed by atoms with van der Waals surface area (Å²) in [4.78, 5) is 2.63. The van der Waals surface area contributed by atoms with Gasteiger partial charge in [-0.05, 0) is 44.4 Å². The highest BCUT2D eigenvalue weighted by atomic mass is 16.5. The van der Waals surface area contributed by atoms with Crippen molar-refractivity contribution in [2.24, 2.45) is 11.8 Å². The lowest BCUT2D eigenvalue weighted by atomic mass is 9.97. The first-order chi connectivity index (χ1) is 10.3. The molecule has 4 nitrogen and oxygen atoms in total. The molecular formula is C17H27N3O. The van der Waals surface area contributed by atoms with Gasteiger partial charge in [-0.3, -0.25) is 9.58 Å². The molecule has 0 radical (unpaired) electrons. The number of ether oxygens (including phenoxy) is 1. The van der Waals surface area contributed by atoms with Crippen molar-refractivity contribution in [2.75, 3.05) is 26.3 Å². The smallest absolute Gasteiger partial charge is 0.0736 e. The quantitative estimate of drug-likeness (QED) is 0.773. The van der Waals surface area contributed by atoms with Crippen LogP contribution in [0.25, 0.3) is 0 Å². The highest BCUT2D eigenvalue weighted by Gasteiger charge is 2.33. The first kappa shape index (κ1) is 13.8. The molecule has 0 bridgehead atoms. The lowest BCUT2D eigenvalue weighted by molar-refractivity contribution is 0.104. The van der Waals surface area contributed by atoms with E-state index >= 15 is 0 Å². The van der Waals surface area contributed by atoms with Crippen molar-refractivity contribution in [3.05, 3.63) is 17.5 Å². The highest BCUT2D eigenvalue weighted by Crippen LogP contribution is 2.35. The van der Waals surface area contributed by atoms with Gasteiger partial charge in [0.1, 0.15) is 0 Å². The van der Waals surface area contributed by atoms with Crippen LogP contribution in [0.5, 0.6) is 0 Å². The molecule has 1 aromatic heterocycles. The molecule has 2 saturated carbocycles. The molecule has 2 fully saturated rings. The summed E-state index contributed by atoms with van der Waals surface area (Å²) in [6.07, 6.45) is 7.95. The molecule has 0 amide bonds. The van der Waals surface area contributed by atoms with Crippen molar-refractivity contribution >= 4 is 0 Å². The third-order valence-electron chi connectivity index (χ3n) is 5.01. The van der Waals surface area contributed by atoms with Crippen molar-refractivity contribution in [1.82, 2.24) is 14.7 Å². The van der Waals surface area contributed by atoms with Gasteiger partial charge in [0, 0.05) is 50.5 Å². The maximum atomic E-state index is 5.73. The molecule has 2 heterocycles. The van der Waals surface area contributed by atoms with E-state index in [1.165, 1.54) is 43.5 Å². The molecule has 0 saturated heterocycles. The van der Waals surface area contributed by atoms with Crippen LogP contribution in [0.15, 0.2) is 6.20 Å². The summed E-state index contributed by atoms with van der Waals surface area (Å²) >= 11 is 0. The Morgan fingerprint density at radius 2 is 1.95 bits per heavy atom. The van der Waals surface area contributed by atoms with Gasteiger partial charge in [0.25, 0.3) is 0 Å². The van der Waals surface area contributed by atoms with Crippen LogP contribution in [0.3, 0.4) is 0 Å². The van der Waals surface area contributed by atoms with Gasteiger partial charge in [0.2, 0.25) is 0 Å². The van der Waals surface area contributed by atoms with E-state index in [1.54, 1.807) is 0 Å². The minimum atomic E-state index is 0.466. The molecule has 1 aromatic rings. The summed E-state index contributed by atoms with van der Waals surface area (Å²) < 4.78 is 7.94. The summed E-state index contributed by atoms with van der Waals surface area (Å²) in [5.41, 5.74) is 2.77. The van der Waals surface area contributed by atoms with E-state index in [1.807, 2.05) is 0 Å². The largest absolute Gasteiger partial charge is 0.381 e. The SMILES string of the molecule is CCOC[C@H]1CN(CC2CC2)Cc2cn(CC3CC3)nc21. The molecule has 2 aliphatic carbocycles. The number of aromatic nitrogens is 2. The molecule has 3 aliphatic rings. The highest BCUT2D eigenvalue weighted by molar-refractivity contribution is 5.25. The molecule has 0 aromatic carbocycles. The van der Waals surface area contributed by atoms with Crippen LogP contribution >= 0.6 is 0 Å². The van der Waals surface area contributed by atoms with Gasteiger partial charge in [-0.25, -0.2) is 0 Å². The molecule has 0 spiro atoms. The zero-order valence-electron chi connectivity index (χ0n) is 13.1. The summed E-state index contributed by atoms with van der Waals surface area (Å²) in [6, 6.07) is 0. The molecule has 0 N–H and O–H groups in total. The van der Waals surface area contributed by atoms with Crippen molar-refractivity contribution in [3.63, 3.8) is 0 Å². The van der Waals surface area contributed by atoms with E-state index in [4.69, 9.17) is 9.84 Å². The zero-order valence-corrected chi connectivity index (χ0v) is 13.1. The predicted molar refractivity (Wildman–Crippen MR) is 82.2 cm³/mol. The minimum Gasteiger partial charge on any atom is -0.381 e. The Morgan fingerprint density at radius 3 is 2.67 bits per heavy atom. The summed E-state index contributed by atoms with van der Waals surface area (Å²) in [5, 5.41) is 4.90. The Balaban J connectivity index is 1.50. The van der Waals surface area contributed by atoms with E-state index in [0.717, 1.165) is 44.7 Å². The number of nitrogens with zero attached hydrogens (tertiary/aromatic N) is 3. The lowest BCUT2D eigenvalue weighted by Crippen LogP contribution is -2.36. The molecule has 116 valence electrons. The zero-order chi connectivity index (χ0) is 14.2. The van der Waals surface area contributed by atoms with E-state index in [9.17, 15) is 0 Å². The average molecular weight is 289 g/mol. The molecule has 1 atom stereocenters. The monoisotopic (exact) mass is 289 g/mol. The van der Waals surface area contributed by atoms with Crippen molar-refractivity contribution < 1.29 is 4.74 Å². The fraction of sp³-hybridized carbons (Fsp3) is 0.824. The lowest BCUT2D eigenvalue weighted by Gasteiger charge is -2.31. The maximum absolute atomic E-state index is 5.73. The molecule has 4 rings (SSSR count). The molecule has 21 heavy (non-hydrogen) atoms. The number of fused-ring (bicyclic) bond motifs is 1. The Kier molecular flexibility index (Phi) is 3.76. The predicted octanol–water partition coefficient (Wildman–Crippen LogP) is 2.64. The Hall–Kier alpha value is -0.870. The van der Waals surface area contributed by atoms with Gasteiger partial charge in [0.15, 0.2) is 0 Å². The number of hydrogen-bond donors (Lipinski definition) is 0. The summed E-state index contributed by atoms with van der Waals surface area (Å²) in [6.45, 7) is 8.33. The van der Waals surface area contributed by atoms with Gasteiger partial charge in [-0.1, -0.05) is 0 Å². The average Bonchev–Trinajstić information content (AvgIpc) is 3.37. The fourth-order valence-electron chi connectivity index (χ4n) is 3.50. The van der Waals surface area contributed by atoms with Gasteiger partial charge >= 0.3 is 0 Å². The Bertz CT molecular complexity index is 490. The summed E-state index contributed by atoms with van der Waals surface area (Å²) in [7, 11) is 0. The van der Waals surface area contributed by atoms with Gasteiger partial charge in [-0.15, -0.1) is 0 Å². The van der Waals surface area contributed by atoms with Crippen LogP contribution in [-0.4, -0.2) is 41.0 Å². The number of hydrogen-bond acceptors (Lipinski definition) is 3. The minimum absolute atomic E-state index is 0.466. The molecule has 0 unspecified atom stereocenters. The van der Waals surface area contributed by atoms with Crippen LogP contribution in [0.1, 0.15) is 49.8 Å². The van der Waals surface area contributed by atoms with Crippen LogP contribution in [0, 0.1) is 11.8 Å². The van der Waals surface area contributed by atoms with Crippen molar-refractivity contribution in [1.29, 1.82) is 0 Å². The first-order valence-electron chi connectivity index (χ1n) is 8.68. The second-order valence-corrected chi connectivity index (χ2v) is 7.20. The Morgan fingerprint density at radius 1 is 1.19 bits per heavy atom. The maximum Gasteiger partial charge on any atom is 0.0736 e. The second kappa shape index (κ2) is 5.73. The van der Waals surface area contributed by atoms with Gasteiger partial charge in [-0.2, -0.15) is 5.10 Å². The van der Waals surface area contributed by atoms with Gasteiger partial charge < -0.3 is 4.74 Å². The topological polar surface area (TPSA) is 30.3 Å². The van der Waals surface area contributed by atoms with E-state index in [-0.39, 0.29) is 0 Å². The standard InChI is InChI=1S/C17H27N3O/c1-2-21-12-16-10-19(7-13-3-4-13)9-15-11-20(18-17(15)16)8-14-5-6-14/h11,13-14,16H,2-10,12H2,1H3/t16-/m1/s1. The van der Waals surface area contributed by atoms with Gasteiger partial charge in [0.05, 0.1) is 12.3 Å². The molecular weight excluding hydrogens is 262 g/mol. The Labute approximate surface area is 127 Å². The normalized spacial score (nSPS) is 26.0. The third kappa shape index (κ3) is 3.32. The van der Waals surface area contributed by atoms with Crippen molar-refractivity contribution in [2.45, 2.75) is 51.6 Å². The first-order valence-corrected chi connectivity index (χ1v) is 8.68. The summed E-state index contributed by atoms with van der Waals surface area (Å²) in [5.74, 6) is 2.31. The third-order valence-corrected chi connectivity index (χ3v) is 5.01. The molecule has 1 aliphatic heterocycles.